The van der Waals surface area contributed by atoms with Crippen LogP contribution in [0.2, 0.25) is 0 Å². The molecule has 1 heterocycles. The topological polar surface area (TPSA) is 70.2 Å². The van der Waals surface area contributed by atoms with E-state index in [-0.39, 0.29) is 24.4 Å². The first-order valence-electron chi connectivity index (χ1n) is 12.0. The smallest absolute Gasteiger partial charge is 0.336 e. The largest absolute Gasteiger partial charge is 0.497 e. The van der Waals surface area contributed by atoms with Crippen molar-refractivity contribution >= 4 is 16.1 Å². The number of nitrogens with zero attached hydrogens (tertiary/aromatic N) is 3. The van der Waals surface area contributed by atoms with E-state index in [2.05, 4.69) is 19.1 Å². The van der Waals surface area contributed by atoms with Crippen LogP contribution < -0.4 is 4.74 Å². The van der Waals surface area contributed by atoms with Gasteiger partial charge < -0.3 is 9.64 Å². The Balaban J connectivity index is 1.59. The molecule has 1 unspecified atom stereocenters. The van der Waals surface area contributed by atoms with E-state index in [9.17, 15) is 13.2 Å². The zero-order valence-corrected chi connectivity index (χ0v) is 22.0. The van der Waals surface area contributed by atoms with Gasteiger partial charge in [0.25, 0.3) is 0 Å². The first-order chi connectivity index (χ1) is 17.2. The number of aryl methyl sites for hydroxylation is 2. The van der Waals surface area contributed by atoms with E-state index in [0.717, 1.165) is 26.9 Å². The quantitative estimate of drug-likeness (QED) is 0.421. The molecule has 0 spiro atoms. The van der Waals surface area contributed by atoms with Gasteiger partial charge in [0.2, 0.25) is 10.0 Å². The molecule has 1 aliphatic rings. The van der Waals surface area contributed by atoms with Crippen LogP contribution in [0.5, 0.6) is 5.75 Å². The molecule has 3 aromatic carbocycles. The van der Waals surface area contributed by atoms with Gasteiger partial charge in [-0.3, -0.25) is 0 Å². The molecule has 190 valence electrons. The number of carbonyl (C=O) groups is 1. The zero-order chi connectivity index (χ0) is 25.9. The molecule has 0 aliphatic carbocycles. The molecule has 1 saturated heterocycles. The number of benzene rings is 3. The van der Waals surface area contributed by atoms with Gasteiger partial charge in [0.15, 0.2) is 0 Å². The van der Waals surface area contributed by atoms with Crippen LogP contribution in [-0.2, 0) is 22.2 Å². The van der Waals surface area contributed by atoms with Gasteiger partial charge in [-0.15, -0.1) is 4.41 Å². The second kappa shape index (κ2) is 10.7. The number of amides is 2. The third kappa shape index (κ3) is 5.55. The van der Waals surface area contributed by atoms with Crippen LogP contribution in [0.3, 0.4) is 0 Å². The summed E-state index contributed by atoms with van der Waals surface area (Å²) in [6.45, 7) is 4.82. The second-order valence-corrected chi connectivity index (χ2v) is 11.2. The standard InChI is InChI=1S/C28H33N3O4S/c1-21-10-13-25(18-22(21)2)27-19-31(29(3)36(33,34)20-24-8-6-5-7-9-24)28(32)30(27)17-16-23-11-14-26(35-4)15-12-23/h5-15,18,27H,16-17,19-20H2,1-4H3. The number of carbonyl (C=O) groups excluding carboxylic acids is 1. The monoisotopic (exact) mass is 507 g/mol. The molecule has 0 bridgehead atoms. The fraction of sp³-hybridized carbons (Fsp3) is 0.321. The van der Waals surface area contributed by atoms with Gasteiger partial charge >= 0.3 is 6.03 Å². The van der Waals surface area contributed by atoms with Gasteiger partial charge in [-0.2, -0.15) is 0 Å². The van der Waals surface area contributed by atoms with Crippen molar-refractivity contribution in [3.63, 3.8) is 0 Å². The molecule has 36 heavy (non-hydrogen) atoms. The lowest BCUT2D eigenvalue weighted by molar-refractivity contribution is 0.126. The van der Waals surface area contributed by atoms with Crippen molar-refractivity contribution < 1.29 is 17.9 Å². The van der Waals surface area contributed by atoms with Gasteiger partial charge in [-0.25, -0.2) is 18.2 Å². The SMILES string of the molecule is COc1ccc(CCN2C(=O)N(N(C)S(=O)(=O)Cc3ccccc3)CC2c2ccc(C)c(C)c2)cc1. The Bertz CT molecular complexity index is 1310. The summed E-state index contributed by atoms with van der Waals surface area (Å²) in [5, 5.41) is 1.35. The molecule has 1 atom stereocenters. The predicted octanol–water partition coefficient (Wildman–Crippen LogP) is 4.71. The summed E-state index contributed by atoms with van der Waals surface area (Å²) < 4.78 is 32.8. The third-order valence-electron chi connectivity index (χ3n) is 6.84. The highest BCUT2D eigenvalue weighted by Crippen LogP contribution is 2.32. The van der Waals surface area contributed by atoms with E-state index < -0.39 is 10.0 Å². The maximum Gasteiger partial charge on any atom is 0.336 e. The maximum absolute atomic E-state index is 13.6. The molecule has 4 rings (SSSR count). The van der Waals surface area contributed by atoms with E-state index in [4.69, 9.17) is 4.74 Å². The fourth-order valence-corrected chi connectivity index (χ4v) is 5.67. The Morgan fingerprint density at radius 3 is 2.28 bits per heavy atom. The third-order valence-corrected chi connectivity index (χ3v) is 8.54. The van der Waals surface area contributed by atoms with E-state index in [0.29, 0.717) is 18.5 Å². The summed E-state index contributed by atoms with van der Waals surface area (Å²) in [5.41, 5.74) is 5.06. The molecule has 7 nitrogen and oxygen atoms in total. The summed E-state index contributed by atoms with van der Waals surface area (Å²) in [5.74, 6) is 0.606. The van der Waals surface area contributed by atoms with E-state index in [1.54, 1.807) is 24.1 Å². The lowest BCUT2D eigenvalue weighted by Gasteiger charge is -2.27. The Morgan fingerprint density at radius 2 is 1.64 bits per heavy atom. The van der Waals surface area contributed by atoms with E-state index >= 15 is 0 Å². The summed E-state index contributed by atoms with van der Waals surface area (Å²) in [7, 11) is -0.664. The number of methoxy groups -OCH3 is 1. The molecule has 0 N–H and O–H groups in total. The van der Waals surface area contributed by atoms with Crippen LogP contribution in [0.4, 0.5) is 4.79 Å². The predicted molar refractivity (Wildman–Crippen MR) is 141 cm³/mol. The summed E-state index contributed by atoms with van der Waals surface area (Å²) in [4.78, 5) is 15.4. The van der Waals surface area contributed by atoms with Crippen LogP contribution in [0.25, 0.3) is 0 Å². The molecule has 1 fully saturated rings. The van der Waals surface area contributed by atoms with Crippen molar-refractivity contribution in [2.45, 2.75) is 32.1 Å². The van der Waals surface area contributed by atoms with Crippen LogP contribution in [0, 0.1) is 13.8 Å². The highest BCUT2D eigenvalue weighted by atomic mass is 32.2. The number of rotatable bonds is 9. The van der Waals surface area contributed by atoms with Gasteiger partial charge in [0.05, 0.1) is 25.4 Å². The molecular weight excluding hydrogens is 474 g/mol. The van der Waals surface area contributed by atoms with Crippen molar-refractivity contribution in [2.24, 2.45) is 0 Å². The molecule has 2 amide bonds. The fourth-order valence-electron chi connectivity index (χ4n) is 4.44. The maximum atomic E-state index is 13.6. The number of hydrogen-bond donors (Lipinski definition) is 0. The van der Waals surface area contributed by atoms with Gasteiger partial charge in [-0.05, 0) is 60.2 Å². The Labute approximate surface area is 213 Å². The van der Waals surface area contributed by atoms with Crippen LogP contribution in [-0.4, -0.2) is 56.0 Å². The summed E-state index contributed by atoms with van der Waals surface area (Å²) >= 11 is 0. The highest BCUT2D eigenvalue weighted by molar-refractivity contribution is 7.88. The number of urea groups is 1. The van der Waals surface area contributed by atoms with E-state index in [1.165, 1.54) is 17.6 Å². The lowest BCUT2D eigenvalue weighted by Crippen LogP contribution is -2.46. The minimum absolute atomic E-state index is 0.172. The number of hydrazine groups is 1. The molecule has 1 aliphatic heterocycles. The van der Waals surface area contributed by atoms with Gasteiger partial charge in [0, 0.05) is 13.6 Å². The number of ether oxygens (including phenoxy) is 1. The first-order valence-corrected chi connectivity index (χ1v) is 13.6. The molecule has 0 aromatic heterocycles. The van der Waals surface area contributed by atoms with Crippen molar-refractivity contribution in [3.05, 3.63) is 101 Å². The Morgan fingerprint density at radius 1 is 0.944 bits per heavy atom. The molecular formula is C28H33N3O4S. The molecule has 8 heteroatoms. The Kier molecular flexibility index (Phi) is 7.66. The van der Waals surface area contributed by atoms with Crippen LogP contribution in [0.15, 0.2) is 72.8 Å². The average molecular weight is 508 g/mol. The molecule has 3 aromatic rings. The van der Waals surface area contributed by atoms with Crippen LogP contribution >= 0.6 is 0 Å². The van der Waals surface area contributed by atoms with Gasteiger partial charge in [-0.1, -0.05) is 60.7 Å². The van der Waals surface area contributed by atoms with Crippen LogP contribution in [0.1, 0.15) is 33.9 Å². The normalized spacial score (nSPS) is 16.1. The van der Waals surface area contributed by atoms with Crippen molar-refractivity contribution in [1.29, 1.82) is 0 Å². The number of hydrogen-bond acceptors (Lipinski definition) is 4. The summed E-state index contributed by atoms with van der Waals surface area (Å²) in [6.07, 6.45) is 0.644. The highest BCUT2D eigenvalue weighted by Gasteiger charge is 2.42. The van der Waals surface area contributed by atoms with Gasteiger partial charge in [0.1, 0.15) is 5.75 Å². The average Bonchev–Trinajstić information content (AvgIpc) is 3.20. The zero-order valence-electron chi connectivity index (χ0n) is 21.2. The van der Waals surface area contributed by atoms with Crippen molar-refractivity contribution in [3.8, 4) is 5.75 Å². The Hall–Kier alpha value is -3.36. The lowest BCUT2D eigenvalue weighted by atomic mass is 10.0. The molecule has 0 radical (unpaired) electrons. The second-order valence-electron chi connectivity index (χ2n) is 9.19. The van der Waals surface area contributed by atoms with E-state index in [1.807, 2.05) is 55.5 Å². The minimum atomic E-state index is -3.75. The van der Waals surface area contributed by atoms with Crippen molar-refractivity contribution in [1.82, 2.24) is 14.3 Å². The summed E-state index contributed by atoms with van der Waals surface area (Å²) in [6, 6.07) is 22.4. The minimum Gasteiger partial charge on any atom is -0.497 e. The first kappa shape index (κ1) is 25.7. The molecule has 0 saturated carbocycles. The number of sulfonamides is 1. The van der Waals surface area contributed by atoms with Crippen molar-refractivity contribution in [2.75, 3.05) is 27.2 Å².